The van der Waals surface area contributed by atoms with Crippen LogP contribution in [-0.2, 0) is 0 Å². The Balaban J connectivity index is 2.92. The second kappa shape index (κ2) is 2.88. The number of nitrogens with one attached hydrogen (secondary N) is 2. The molecule has 0 aliphatic carbocycles. The Bertz CT molecular complexity index is 569. The Morgan fingerprint density at radius 2 is 2.07 bits per heavy atom. The fraction of sp³-hybridized carbons (Fsp3) is 0. The maximum absolute atomic E-state index is 10.9. The van der Waals surface area contributed by atoms with Crippen molar-refractivity contribution in [3.8, 4) is 0 Å². The van der Waals surface area contributed by atoms with E-state index in [4.69, 9.17) is 16.7 Å². The van der Waals surface area contributed by atoms with Crippen LogP contribution >= 0.6 is 11.6 Å². The molecule has 6 heteroatoms. The van der Waals surface area contributed by atoms with Gasteiger partial charge in [0.1, 0.15) is 0 Å². The smallest absolute Gasteiger partial charge is 0.337 e. The van der Waals surface area contributed by atoms with Crippen molar-refractivity contribution in [3.63, 3.8) is 0 Å². The van der Waals surface area contributed by atoms with E-state index in [1.807, 2.05) is 0 Å². The van der Waals surface area contributed by atoms with Crippen molar-refractivity contribution in [1.82, 2.24) is 9.97 Å². The van der Waals surface area contributed by atoms with E-state index < -0.39 is 11.7 Å². The molecule has 0 atom stereocenters. The lowest BCUT2D eigenvalue weighted by Crippen LogP contribution is -2.01. The normalized spacial score (nSPS) is 10.6. The molecular formula is C8H5ClN2O3. The summed E-state index contributed by atoms with van der Waals surface area (Å²) in [6, 6.07) is 2.78. The van der Waals surface area contributed by atoms with Gasteiger partial charge in [-0.25, -0.2) is 9.59 Å². The lowest BCUT2D eigenvalue weighted by atomic mass is 10.2. The molecule has 1 aromatic carbocycles. The molecule has 3 N–H and O–H groups in total. The zero-order chi connectivity index (χ0) is 10.3. The summed E-state index contributed by atoms with van der Waals surface area (Å²) >= 11 is 5.68. The van der Waals surface area contributed by atoms with Gasteiger partial charge in [0.2, 0.25) is 0 Å². The molecule has 0 saturated heterocycles. The number of halogens is 1. The third-order valence-electron chi connectivity index (χ3n) is 1.82. The highest BCUT2D eigenvalue weighted by Crippen LogP contribution is 2.19. The molecule has 14 heavy (non-hydrogen) atoms. The van der Waals surface area contributed by atoms with Crippen LogP contribution in [-0.4, -0.2) is 21.0 Å². The van der Waals surface area contributed by atoms with E-state index in [-0.39, 0.29) is 16.1 Å². The molecule has 0 spiro atoms. The van der Waals surface area contributed by atoms with Gasteiger partial charge < -0.3 is 15.1 Å². The van der Waals surface area contributed by atoms with Gasteiger partial charge in [-0.15, -0.1) is 0 Å². The molecule has 1 heterocycles. The third kappa shape index (κ3) is 1.27. The number of fused-ring (bicyclic) bond motifs is 1. The van der Waals surface area contributed by atoms with Crippen molar-refractivity contribution in [2.24, 2.45) is 0 Å². The zero-order valence-electron chi connectivity index (χ0n) is 6.80. The molecule has 0 amide bonds. The summed E-state index contributed by atoms with van der Waals surface area (Å²) in [5.74, 6) is -1.13. The van der Waals surface area contributed by atoms with Gasteiger partial charge in [0, 0.05) is 5.02 Å². The molecule has 0 saturated carbocycles. The van der Waals surface area contributed by atoms with E-state index in [1.165, 1.54) is 12.1 Å². The first-order valence-electron chi connectivity index (χ1n) is 3.73. The van der Waals surface area contributed by atoms with Crippen LogP contribution in [0.4, 0.5) is 0 Å². The molecular weight excluding hydrogens is 208 g/mol. The topological polar surface area (TPSA) is 85.9 Å². The molecule has 0 aliphatic heterocycles. The van der Waals surface area contributed by atoms with Crippen molar-refractivity contribution in [2.75, 3.05) is 0 Å². The summed E-state index contributed by atoms with van der Waals surface area (Å²) < 4.78 is 0. The van der Waals surface area contributed by atoms with Gasteiger partial charge in [-0.05, 0) is 12.1 Å². The lowest BCUT2D eigenvalue weighted by molar-refractivity contribution is 0.0699. The summed E-state index contributed by atoms with van der Waals surface area (Å²) in [4.78, 5) is 26.5. The number of aromatic amines is 2. The number of aromatic carboxylic acids is 1. The van der Waals surface area contributed by atoms with Gasteiger partial charge in [-0.2, -0.15) is 0 Å². The number of aromatic nitrogens is 2. The molecule has 0 fully saturated rings. The van der Waals surface area contributed by atoms with E-state index in [1.54, 1.807) is 0 Å². The highest BCUT2D eigenvalue weighted by atomic mass is 35.5. The van der Waals surface area contributed by atoms with Crippen LogP contribution in [0.25, 0.3) is 11.0 Å². The second-order valence-corrected chi connectivity index (χ2v) is 3.20. The lowest BCUT2D eigenvalue weighted by Gasteiger charge is -1.97. The van der Waals surface area contributed by atoms with Crippen LogP contribution in [0.15, 0.2) is 16.9 Å². The van der Waals surface area contributed by atoms with E-state index in [0.29, 0.717) is 5.52 Å². The van der Waals surface area contributed by atoms with Crippen molar-refractivity contribution < 1.29 is 9.90 Å². The average Bonchev–Trinajstić information content (AvgIpc) is 2.42. The summed E-state index contributed by atoms with van der Waals surface area (Å²) in [7, 11) is 0. The number of hydrogen-bond acceptors (Lipinski definition) is 2. The number of hydrogen-bond donors (Lipinski definition) is 3. The molecule has 0 unspecified atom stereocenters. The molecule has 1 aromatic heterocycles. The molecule has 0 radical (unpaired) electrons. The van der Waals surface area contributed by atoms with Crippen LogP contribution in [0.3, 0.4) is 0 Å². The van der Waals surface area contributed by atoms with Crippen molar-refractivity contribution in [2.45, 2.75) is 0 Å². The van der Waals surface area contributed by atoms with E-state index in [0.717, 1.165) is 0 Å². The predicted octanol–water partition coefficient (Wildman–Crippen LogP) is 1.21. The number of carboxylic acids is 1. The van der Waals surface area contributed by atoms with Crippen LogP contribution in [0.1, 0.15) is 10.4 Å². The minimum Gasteiger partial charge on any atom is -0.478 e. The highest BCUT2D eigenvalue weighted by molar-refractivity contribution is 6.31. The Labute approximate surface area is 82.3 Å². The SMILES string of the molecule is O=C(O)c1cc(Cl)cc2[nH]c(=O)[nH]c12. The molecule has 0 bridgehead atoms. The van der Waals surface area contributed by atoms with E-state index in [9.17, 15) is 9.59 Å². The minimum atomic E-state index is -1.13. The monoisotopic (exact) mass is 212 g/mol. The highest BCUT2D eigenvalue weighted by Gasteiger charge is 2.12. The number of benzene rings is 1. The Morgan fingerprint density at radius 3 is 2.71 bits per heavy atom. The standard InChI is InChI=1S/C8H5ClN2O3/c9-3-1-4(7(12)13)6-5(2-3)10-8(14)11-6/h1-2H,(H,12,13)(H2,10,11,14). The van der Waals surface area contributed by atoms with Gasteiger partial charge in [-0.1, -0.05) is 11.6 Å². The fourth-order valence-corrected chi connectivity index (χ4v) is 1.49. The first-order chi connectivity index (χ1) is 6.58. The zero-order valence-corrected chi connectivity index (χ0v) is 7.55. The first kappa shape index (κ1) is 8.83. The number of H-pyrrole nitrogens is 2. The third-order valence-corrected chi connectivity index (χ3v) is 2.04. The van der Waals surface area contributed by atoms with Crippen LogP contribution in [0.2, 0.25) is 5.02 Å². The van der Waals surface area contributed by atoms with Gasteiger partial charge in [0.15, 0.2) is 0 Å². The van der Waals surface area contributed by atoms with Crippen molar-refractivity contribution in [1.29, 1.82) is 0 Å². The Morgan fingerprint density at radius 1 is 1.36 bits per heavy atom. The van der Waals surface area contributed by atoms with Crippen molar-refractivity contribution >= 4 is 28.6 Å². The Hall–Kier alpha value is -1.75. The summed E-state index contributed by atoms with van der Waals surface area (Å²) in [6.45, 7) is 0. The molecule has 5 nitrogen and oxygen atoms in total. The first-order valence-corrected chi connectivity index (χ1v) is 4.10. The van der Waals surface area contributed by atoms with E-state index >= 15 is 0 Å². The van der Waals surface area contributed by atoms with Gasteiger partial charge in [-0.3, -0.25) is 0 Å². The van der Waals surface area contributed by atoms with Gasteiger partial charge in [0.05, 0.1) is 16.6 Å². The number of carboxylic acid groups (broad SMARTS) is 1. The largest absolute Gasteiger partial charge is 0.478 e. The average molecular weight is 213 g/mol. The second-order valence-electron chi connectivity index (χ2n) is 2.76. The maximum Gasteiger partial charge on any atom is 0.337 e. The molecule has 2 aromatic rings. The number of carbonyl (C=O) groups is 1. The quantitative estimate of drug-likeness (QED) is 0.664. The summed E-state index contributed by atoms with van der Waals surface area (Å²) in [6.07, 6.45) is 0. The van der Waals surface area contributed by atoms with Crippen LogP contribution < -0.4 is 5.69 Å². The van der Waals surface area contributed by atoms with E-state index in [2.05, 4.69) is 9.97 Å². The number of imidazole rings is 1. The molecule has 0 aliphatic rings. The summed E-state index contributed by atoms with van der Waals surface area (Å²) in [5, 5.41) is 9.09. The van der Waals surface area contributed by atoms with Gasteiger partial charge >= 0.3 is 11.7 Å². The maximum atomic E-state index is 10.9. The fourth-order valence-electron chi connectivity index (χ4n) is 1.28. The Kier molecular flexibility index (Phi) is 1.82. The molecule has 72 valence electrons. The predicted molar refractivity (Wildman–Crippen MR) is 50.9 cm³/mol. The summed E-state index contributed by atoms with van der Waals surface area (Å²) in [5.41, 5.74) is 0.169. The van der Waals surface area contributed by atoms with Gasteiger partial charge in [0.25, 0.3) is 0 Å². The molecule has 2 rings (SSSR count). The number of rotatable bonds is 1. The van der Waals surface area contributed by atoms with Crippen molar-refractivity contribution in [3.05, 3.63) is 33.2 Å². The van der Waals surface area contributed by atoms with Crippen LogP contribution in [0, 0.1) is 0 Å². The minimum absolute atomic E-state index is 0.0224. The van der Waals surface area contributed by atoms with Crippen LogP contribution in [0.5, 0.6) is 0 Å².